The number of hydrogen-bond donors (Lipinski definition) is 1. The van der Waals surface area contributed by atoms with Crippen LogP contribution in [0.4, 0.5) is 0 Å². The van der Waals surface area contributed by atoms with Crippen LogP contribution >= 0.6 is 0 Å². The molecule has 17 heavy (non-hydrogen) atoms. The monoisotopic (exact) mass is 233 g/mol. The Hall–Kier alpha value is -1.35. The quantitative estimate of drug-likeness (QED) is 0.796. The maximum absolute atomic E-state index is 11.8. The molecule has 92 valence electrons. The maximum Gasteiger partial charge on any atom is 0.338 e. The molecule has 3 heteroatoms. The number of nitrogens with one attached hydrogen (secondary N) is 1. The average Bonchev–Trinajstić information content (AvgIpc) is 2.36. The SMILES string of the molecule is COC(=O)c1cc(C(C)C)cc2c1CNCC2. The summed E-state index contributed by atoms with van der Waals surface area (Å²) in [6, 6.07) is 4.20. The first kappa shape index (κ1) is 12.1. The van der Waals surface area contributed by atoms with E-state index in [0.717, 1.165) is 30.6 Å². The van der Waals surface area contributed by atoms with Gasteiger partial charge in [0.15, 0.2) is 0 Å². The van der Waals surface area contributed by atoms with Gasteiger partial charge in [-0.2, -0.15) is 0 Å². The van der Waals surface area contributed by atoms with Gasteiger partial charge in [0.05, 0.1) is 12.7 Å². The zero-order valence-electron chi connectivity index (χ0n) is 10.7. The molecule has 0 saturated heterocycles. The largest absolute Gasteiger partial charge is 0.465 e. The van der Waals surface area contributed by atoms with Crippen LogP contribution in [0.5, 0.6) is 0 Å². The second-order valence-electron chi connectivity index (χ2n) is 4.78. The second kappa shape index (κ2) is 4.88. The molecule has 1 aromatic rings. The van der Waals surface area contributed by atoms with Gasteiger partial charge in [0.1, 0.15) is 0 Å². The summed E-state index contributed by atoms with van der Waals surface area (Å²) in [5.74, 6) is 0.200. The molecule has 0 atom stereocenters. The Balaban J connectivity index is 2.54. The molecule has 3 nitrogen and oxygen atoms in total. The summed E-state index contributed by atoms with van der Waals surface area (Å²) in [6.07, 6.45) is 0.986. The Morgan fingerprint density at radius 3 is 2.82 bits per heavy atom. The third-order valence-corrected chi connectivity index (χ3v) is 3.31. The Kier molecular flexibility index (Phi) is 3.48. The van der Waals surface area contributed by atoms with Crippen LogP contribution in [-0.4, -0.2) is 19.6 Å². The highest BCUT2D eigenvalue weighted by atomic mass is 16.5. The fourth-order valence-electron chi connectivity index (χ4n) is 2.25. The topological polar surface area (TPSA) is 38.3 Å². The summed E-state index contributed by atoms with van der Waals surface area (Å²) in [5, 5.41) is 3.30. The van der Waals surface area contributed by atoms with Gasteiger partial charge in [-0.25, -0.2) is 4.79 Å². The molecule has 1 N–H and O–H groups in total. The first-order valence-corrected chi connectivity index (χ1v) is 6.08. The number of esters is 1. The Morgan fingerprint density at radius 2 is 2.18 bits per heavy atom. The highest BCUT2D eigenvalue weighted by molar-refractivity contribution is 5.91. The minimum atomic E-state index is -0.229. The van der Waals surface area contributed by atoms with Gasteiger partial charge in [0.25, 0.3) is 0 Å². The van der Waals surface area contributed by atoms with Crippen molar-refractivity contribution in [2.45, 2.75) is 32.7 Å². The van der Waals surface area contributed by atoms with Crippen molar-refractivity contribution in [3.63, 3.8) is 0 Å². The molecule has 0 spiro atoms. The van der Waals surface area contributed by atoms with Crippen LogP contribution in [0.1, 0.15) is 46.8 Å². The summed E-state index contributed by atoms with van der Waals surface area (Å²) in [5.41, 5.74) is 4.33. The van der Waals surface area contributed by atoms with E-state index in [-0.39, 0.29) is 5.97 Å². The molecule has 1 aromatic carbocycles. The van der Waals surface area contributed by atoms with Crippen LogP contribution in [0.3, 0.4) is 0 Å². The third-order valence-electron chi connectivity index (χ3n) is 3.31. The second-order valence-corrected chi connectivity index (χ2v) is 4.78. The molecule has 0 aromatic heterocycles. The molecule has 0 saturated carbocycles. The van der Waals surface area contributed by atoms with E-state index >= 15 is 0 Å². The normalized spacial score (nSPS) is 14.6. The van der Waals surface area contributed by atoms with Gasteiger partial charge in [0.2, 0.25) is 0 Å². The van der Waals surface area contributed by atoms with Gasteiger partial charge in [0, 0.05) is 6.54 Å². The fraction of sp³-hybridized carbons (Fsp3) is 0.500. The minimum Gasteiger partial charge on any atom is -0.465 e. The van der Waals surface area contributed by atoms with E-state index in [1.54, 1.807) is 0 Å². The number of fused-ring (bicyclic) bond motifs is 1. The molecule has 0 radical (unpaired) electrons. The van der Waals surface area contributed by atoms with E-state index in [1.807, 2.05) is 6.07 Å². The first-order valence-electron chi connectivity index (χ1n) is 6.08. The van der Waals surface area contributed by atoms with Crippen LogP contribution < -0.4 is 5.32 Å². The highest BCUT2D eigenvalue weighted by Crippen LogP contribution is 2.25. The lowest BCUT2D eigenvalue weighted by Crippen LogP contribution is -2.26. The van der Waals surface area contributed by atoms with Crippen LogP contribution in [0, 0.1) is 0 Å². The number of carbonyl (C=O) groups excluding carboxylic acids is 1. The van der Waals surface area contributed by atoms with Crippen molar-refractivity contribution in [2.24, 2.45) is 0 Å². The van der Waals surface area contributed by atoms with E-state index in [9.17, 15) is 4.79 Å². The zero-order chi connectivity index (χ0) is 12.4. The van der Waals surface area contributed by atoms with Crippen molar-refractivity contribution in [1.29, 1.82) is 0 Å². The summed E-state index contributed by atoms with van der Waals surface area (Å²) < 4.78 is 4.87. The molecular weight excluding hydrogens is 214 g/mol. The smallest absolute Gasteiger partial charge is 0.338 e. The van der Waals surface area contributed by atoms with Gasteiger partial charge in [-0.3, -0.25) is 0 Å². The van der Waals surface area contributed by atoms with Crippen LogP contribution in [0.2, 0.25) is 0 Å². The standard InChI is InChI=1S/C14H19NO2/c1-9(2)11-6-10-4-5-15-8-13(10)12(7-11)14(16)17-3/h6-7,9,15H,4-5,8H2,1-3H3. The van der Waals surface area contributed by atoms with Crippen LogP contribution in [-0.2, 0) is 17.7 Å². The number of rotatable bonds is 2. The van der Waals surface area contributed by atoms with Crippen LogP contribution in [0.15, 0.2) is 12.1 Å². The molecule has 0 bridgehead atoms. The number of benzene rings is 1. The van der Waals surface area contributed by atoms with E-state index in [1.165, 1.54) is 18.2 Å². The van der Waals surface area contributed by atoms with E-state index in [4.69, 9.17) is 4.74 Å². The van der Waals surface area contributed by atoms with Crippen molar-refractivity contribution in [1.82, 2.24) is 5.32 Å². The van der Waals surface area contributed by atoms with Gasteiger partial charge in [-0.05, 0) is 41.6 Å². The summed E-state index contributed by atoms with van der Waals surface area (Å²) in [6.45, 7) is 6.03. The fourth-order valence-corrected chi connectivity index (χ4v) is 2.25. The zero-order valence-corrected chi connectivity index (χ0v) is 10.7. The number of ether oxygens (including phenoxy) is 1. The Morgan fingerprint density at radius 1 is 1.41 bits per heavy atom. The van der Waals surface area contributed by atoms with Crippen molar-refractivity contribution in [2.75, 3.05) is 13.7 Å². The summed E-state index contributed by atoms with van der Waals surface area (Å²) in [4.78, 5) is 11.8. The van der Waals surface area contributed by atoms with E-state index in [2.05, 4.69) is 25.2 Å². The Bertz CT molecular complexity index is 438. The van der Waals surface area contributed by atoms with Gasteiger partial charge in [-0.15, -0.1) is 0 Å². The van der Waals surface area contributed by atoms with Crippen molar-refractivity contribution >= 4 is 5.97 Å². The van der Waals surface area contributed by atoms with Crippen molar-refractivity contribution in [3.05, 3.63) is 34.4 Å². The maximum atomic E-state index is 11.8. The molecule has 2 rings (SSSR count). The van der Waals surface area contributed by atoms with Gasteiger partial charge >= 0.3 is 5.97 Å². The van der Waals surface area contributed by atoms with E-state index < -0.39 is 0 Å². The lowest BCUT2D eigenvalue weighted by atomic mass is 9.90. The minimum absolute atomic E-state index is 0.229. The van der Waals surface area contributed by atoms with Crippen molar-refractivity contribution in [3.8, 4) is 0 Å². The Labute approximate surface area is 102 Å². The number of carbonyl (C=O) groups is 1. The van der Waals surface area contributed by atoms with Crippen molar-refractivity contribution < 1.29 is 9.53 Å². The predicted octanol–water partition coefficient (Wildman–Crippen LogP) is 2.24. The molecule has 0 amide bonds. The lowest BCUT2D eigenvalue weighted by molar-refractivity contribution is 0.0599. The molecule has 1 heterocycles. The molecule has 1 aliphatic heterocycles. The number of hydrogen-bond acceptors (Lipinski definition) is 3. The molecule has 0 aliphatic carbocycles. The lowest BCUT2D eigenvalue weighted by Gasteiger charge is -2.22. The molecule has 0 fully saturated rings. The summed E-state index contributed by atoms with van der Waals surface area (Å²) in [7, 11) is 1.44. The molecule has 0 unspecified atom stereocenters. The highest BCUT2D eigenvalue weighted by Gasteiger charge is 2.20. The average molecular weight is 233 g/mol. The van der Waals surface area contributed by atoms with E-state index in [0.29, 0.717) is 5.92 Å². The van der Waals surface area contributed by atoms with Gasteiger partial charge < -0.3 is 10.1 Å². The number of methoxy groups -OCH3 is 1. The molecular formula is C14H19NO2. The van der Waals surface area contributed by atoms with Gasteiger partial charge in [-0.1, -0.05) is 19.9 Å². The third kappa shape index (κ3) is 2.34. The van der Waals surface area contributed by atoms with Crippen LogP contribution in [0.25, 0.3) is 0 Å². The predicted molar refractivity (Wildman–Crippen MR) is 67.3 cm³/mol. The molecule has 1 aliphatic rings. The first-order chi connectivity index (χ1) is 8.13. The summed E-state index contributed by atoms with van der Waals surface area (Å²) >= 11 is 0.